The predicted molar refractivity (Wildman–Crippen MR) is 81.4 cm³/mol. The zero-order chi connectivity index (χ0) is 15.4. The summed E-state index contributed by atoms with van der Waals surface area (Å²) in [6.07, 6.45) is 0.293. The number of hydrogen-bond donors (Lipinski definition) is 0. The molecule has 0 N–H and O–H groups in total. The summed E-state index contributed by atoms with van der Waals surface area (Å²) < 4.78 is 5.11. The molecule has 1 saturated heterocycles. The van der Waals surface area contributed by atoms with Crippen LogP contribution in [-0.4, -0.2) is 43.5 Å². The first-order chi connectivity index (χ1) is 10.1. The number of methoxy groups -OCH3 is 1. The molecule has 0 bridgehead atoms. The number of rotatable bonds is 5. The average molecular weight is 290 g/mol. The van der Waals surface area contributed by atoms with Crippen LogP contribution in [0.3, 0.4) is 0 Å². The van der Waals surface area contributed by atoms with Crippen molar-refractivity contribution in [3.63, 3.8) is 0 Å². The minimum atomic E-state index is -0.237. The van der Waals surface area contributed by atoms with Gasteiger partial charge in [-0.05, 0) is 38.1 Å². The molecule has 0 saturated carbocycles. The third-order valence-electron chi connectivity index (χ3n) is 3.93. The zero-order valence-electron chi connectivity index (χ0n) is 12.8. The zero-order valence-corrected chi connectivity index (χ0v) is 12.8. The Bertz CT molecular complexity index is 509. The normalized spacial score (nSPS) is 18.0. The third kappa shape index (κ3) is 3.17. The molecular formula is C16H22N2O3. The molecule has 0 spiro atoms. The molecule has 2 amide bonds. The molecule has 0 aliphatic carbocycles. The molecular weight excluding hydrogens is 268 g/mol. The fraction of sp³-hybridized carbons (Fsp3) is 0.500. The van der Waals surface area contributed by atoms with Crippen LogP contribution >= 0.6 is 0 Å². The van der Waals surface area contributed by atoms with E-state index in [9.17, 15) is 9.59 Å². The molecule has 1 atom stereocenters. The standard InChI is InChI=1S/C16H22N2O3/c1-4-17(5-2)16(20)12-10-15(19)18(11-12)13-6-8-14(21-3)9-7-13/h6-9,12H,4-5,10-11H2,1-3H3. The second-order valence-corrected chi connectivity index (χ2v) is 5.11. The van der Waals surface area contributed by atoms with Crippen LogP contribution in [0.2, 0.25) is 0 Å². The molecule has 1 aromatic carbocycles. The lowest BCUT2D eigenvalue weighted by Gasteiger charge is -2.22. The van der Waals surface area contributed by atoms with Crippen LogP contribution in [0, 0.1) is 5.92 Å². The Morgan fingerprint density at radius 2 is 1.90 bits per heavy atom. The molecule has 1 heterocycles. The van der Waals surface area contributed by atoms with E-state index < -0.39 is 0 Å². The van der Waals surface area contributed by atoms with Crippen LogP contribution in [0.4, 0.5) is 5.69 Å². The van der Waals surface area contributed by atoms with Gasteiger partial charge in [-0.2, -0.15) is 0 Å². The van der Waals surface area contributed by atoms with Gasteiger partial charge in [0.15, 0.2) is 0 Å². The van der Waals surface area contributed by atoms with Crippen molar-refractivity contribution in [3.05, 3.63) is 24.3 Å². The van der Waals surface area contributed by atoms with Crippen LogP contribution in [-0.2, 0) is 9.59 Å². The molecule has 1 aromatic rings. The van der Waals surface area contributed by atoms with Gasteiger partial charge in [0, 0.05) is 31.7 Å². The Morgan fingerprint density at radius 3 is 2.43 bits per heavy atom. The number of ether oxygens (including phenoxy) is 1. The molecule has 0 aromatic heterocycles. The van der Waals surface area contributed by atoms with Gasteiger partial charge in [-0.25, -0.2) is 0 Å². The van der Waals surface area contributed by atoms with Gasteiger partial charge in [-0.15, -0.1) is 0 Å². The van der Waals surface area contributed by atoms with Gasteiger partial charge < -0.3 is 14.5 Å². The van der Waals surface area contributed by atoms with Crippen LogP contribution in [0.5, 0.6) is 5.75 Å². The fourth-order valence-electron chi connectivity index (χ4n) is 2.68. The van der Waals surface area contributed by atoms with Crippen molar-refractivity contribution < 1.29 is 14.3 Å². The molecule has 2 rings (SSSR count). The highest BCUT2D eigenvalue weighted by atomic mass is 16.5. The summed E-state index contributed by atoms with van der Waals surface area (Å²) in [5.41, 5.74) is 0.815. The van der Waals surface area contributed by atoms with Crippen molar-refractivity contribution in [1.29, 1.82) is 0 Å². The lowest BCUT2D eigenvalue weighted by atomic mass is 10.1. The lowest BCUT2D eigenvalue weighted by molar-refractivity contribution is -0.135. The Kier molecular flexibility index (Phi) is 4.83. The summed E-state index contributed by atoms with van der Waals surface area (Å²) in [4.78, 5) is 28.0. The summed E-state index contributed by atoms with van der Waals surface area (Å²) in [7, 11) is 1.61. The van der Waals surface area contributed by atoms with Crippen LogP contribution in [0.1, 0.15) is 20.3 Å². The SMILES string of the molecule is CCN(CC)C(=O)C1CC(=O)N(c2ccc(OC)cc2)C1. The van der Waals surface area contributed by atoms with E-state index in [-0.39, 0.29) is 17.7 Å². The van der Waals surface area contributed by atoms with E-state index in [1.165, 1.54) is 0 Å². The molecule has 5 nitrogen and oxygen atoms in total. The highest BCUT2D eigenvalue weighted by Crippen LogP contribution is 2.27. The maximum absolute atomic E-state index is 12.4. The van der Waals surface area contributed by atoms with Gasteiger partial charge in [0.2, 0.25) is 11.8 Å². The van der Waals surface area contributed by atoms with Crippen LogP contribution < -0.4 is 9.64 Å². The highest BCUT2D eigenvalue weighted by Gasteiger charge is 2.36. The quantitative estimate of drug-likeness (QED) is 0.832. The predicted octanol–water partition coefficient (Wildman–Crippen LogP) is 1.92. The topological polar surface area (TPSA) is 49.9 Å². The van der Waals surface area contributed by atoms with Crippen molar-refractivity contribution in [2.45, 2.75) is 20.3 Å². The van der Waals surface area contributed by atoms with Crippen molar-refractivity contribution >= 4 is 17.5 Å². The number of carbonyl (C=O) groups excluding carboxylic acids is 2. The Hall–Kier alpha value is -2.04. The van der Waals surface area contributed by atoms with Gasteiger partial charge in [0.05, 0.1) is 13.0 Å². The van der Waals surface area contributed by atoms with Gasteiger partial charge >= 0.3 is 0 Å². The van der Waals surface area contributed by atoms with Gasteiger partial charge in [0.1, 0.15) is 5.75 Å². The molecule has 114 valence electrons. The number of hydrogen-bond acceptors (Lipinski definition) is 3. The molecule has 1 aliphatic rings. The first-order valence-electron chi connectivity index (χ1n) is 7.33. The van der Waals surface area contributed by atoms with Crippen LogP contribution in [0.15, 0.2) is 24.3 Å². The summed E-state index contributed by atoms with van der Waals surface area (Å²) in [5, 5.41) is 0. The molecule has 0 radical (unpaired) electrons. The fourth-order valence-corrected chi connectivity index (χ4v) is 2.68. The molecule has 21 heavy (non-hydrogen) atoms. The maximum Gasteiger partial charge on any atom is 0.227 e. The van der Waals surface area contributed by atoms with E-state index >= 15 is 0 Å². The average Bonchev–Trinajstić information content (AvgIpc) is 2.90. The first-order valence-corrected chi connectivity index (χ1v) is 7.33. The number of benzene rings is 1. The number of amides is 2. The molecule has 1 fully saturated rings. The van der Waals surface area contributed by atoms with Crippen molar-refractivity contribution in [2.24, 2.45) is 5.92 Å². The summed E-state index contributed by atoms with van der Waals surface area (Å²) >= 11 is 0. The monoisotopic (exact) mass is 290 g/mol. The van der Waals surface area contributed by atoms with E-state index in [1.54, 1.807) is 16.9 Å². The minimum Gasteiger partial charge on any atom is -0.497 e. The lowest BCUT2D eigenvalue weighted by Crippen LogP contribution is -2.37. The third-order valence-corrected chi connectivity index (χ3v) is 3.93. The van der Waals surface area contributed by atoms with E-state index in [0.29, 0.717) is 26.1 Å². The Morgan fingerprint density at radius 1 is 1.29 bits per heavy atom. The Labute approximate surface area is 125 Å². The summed E-state index contributed by atoms with van der Waals surface area (Å²) in [5.74, 6) is 0.593. The Balaban J connectivity index is 2.10. The highest BCUT2D eigenvalue weighted by molar-refractivity contribution is 6.00. The van der Waals surface area contributed by atoms with E-state index in [1.807, 2.05) is 38.1 Å². The first kappa shape index (κ1) is 15.4. The molecule has 1 aliphatic heterocycles. The van der Waals surface area contributed by atoms with Gasteiger partial charge in [0.25, 0.3) is 0 Å². The summed E-state index contributed by atoms with van der Waals surface area (Å²) in [6.45, 7) is 5.74. The van der Waals surface area contributed by atoms with Gasteiger partial charge in [-0.3, -0.25) is 9.59 Å². The van der Waals surface area contributed by atoms with Gasteiger partial charge in [-0.1, -0.05) is 0 Å². The molecule has 5 heteroatoms. The van der Waals surface area contributed by atoms with E-state index in [4.69, 9.17) is 4.74 Å². The van der Waals surface area contributed by atoms with Crippen molar-refractivity contribution in [3.8, 4) is 5.75 Å². The number of nitrogens with zero attached hydrogens (tertiary/aromatic N) is 2. The van der Waals surface area contributed by atoms with E-state index in [2.05, 4.69) is 0 Å². The second-order valence-electron chi connectivity index (χ2n) is 5.11. The van der Waals surface area contributed by atoms with Crippen molar-refractivity contribution in [1.82, 2.24) is 4.90 Å². The number of carbonyl (C=O) groups is 2. The largest absolute Gasteiger partial charge is 0.497 e. The number of anilines is 1. The minimum absolute atomic E-state index is 0.00525. The smallest absolute Gasteiger partial charge is 0.227 e. The summed E-state index contributed by atoms with van der Waals surface area (Å²) in [6, 6.07) is 7.34. The van der Waals surface area contributed by atoms with Crippen molar-refractivity contribution in [2.75, 3.05) is 31.6 Å². The van der Waals surface area contributed by atoms with Crippen LogP contribution in [0.25, 0.3) is 0 Å². The second kappa shape index (κ2) is 6.61. The van der Waals surface area contributed by atoms with E-state index in [0.717, 1.165) is 11.4 Å². The molecule has 1 unspecified atom stereocenters. The maximum atomic E-state index is 12.4.